The van der Waals surface area contributed by atoms with E-state index in [1.807, 2.05) is 60.7 Å². The topological polar surface area (TPSA) is 66.3 Å². The third kappa shape index (κ3) is 11.6. The zero-order valence-corrected chi connectivity index (χ0v) is 26.6. The first-order valence-electron chi connectivity index (χ1n) is 13.7. The van der Waals surface area contributed by atoms with E-state index in [2.05, 4.69) is 101 Å². The van der Waals surface area contributed by atoms with Gasteiger partial charge in [-0.15, -0.1) is 0 Å². The smallest absolute Gasteiger partial charge is 0.0886 e. The molecule has 0 bridgehead atoms. The van der Waals surface area contributed by atoms with Crippen LogP contribution in [0.4, 0.5) is 5.69 Å². The number of aryl methyl sites for hydroxylation is 2. The zero-order valence-electron chi connectivity index (χ0n) is 24.6. The molecule has 0 spiro atoms. The Morgan fingerprint density at radius 1 is 0.595 bits per heavy atom. The van der Waals surface area contributed by atoms with Crippen LogP contribution in [-0.2, 0) is 23.3 Å². The number of nitrogens with zero attached hydrogens (tertiary/aromatic N) is 5. The number of aromatic nitrogens is 4. The first-order chi connectivity index (χ1) is 20.5. The Labute approximate surface area is 258 Å². The third-order valence-electron chi connectivity index (χ3n) is 5.95. The Morgan fingerprint density at radius 2 is 1.07 bits per heavy atom. The maximum atomic E-state index is 4.89. The summed E-state index contributed by atoms with van der Waals surface area (Å²) in [4.78, 5) is 15.8. The van der Waals surface area contributed by atoms with Crippen LogP contribution in [0.25, 0.3) is 11.4 Å². The molecule has 6 rings (SSSR count). The molecule has 2 aromatic carbocycles. The molecule has 42 heavy (non-hydrogen) atoms. The second kappa shape index (κ2) is 18.2. The van der Waals surface area contributed by atoms with Gasteiger partial charge >= 0.3 is 130 Å². The maximum Gasteiger partial charge on any atom is 0.0886 e. The van der Waals surface area contributed by atoms with Crippen LogP contribution in [0.5, 0.6) is 0 Å². The Bertz CT molecular complexity index is 1460. The van der Waals surface area contributed by atoms with Crippen molar-refractivity contribution in [1.29, 1.82) is 0 Å². The summed E-state index contributed by atoms with van der Waals surface area (Å²) in [5.41, 5.74) is 7.04. The third-order valence-corrected chi connectivity index (χ3v) is 8.37. The number of rotatable bonds is 4. The molecule has 0 atom stereocenters. The normalized spacial score (nSPS) is 9.81. The van der Waals surface area contributed by atoms with Crippen LogP contribution in [0.15, 0.2) is 150 Å². The largest absolute Gasteiger partial charge is 0.670 e. The van der Waals surface area contributed by atoms with Gasteiger partial charge in [-0.2, -0.15) is 24.8 Å². The molecule has 0 aliphatic heterocycles. The van der Waals surface area contributed by atoms with Crippen molar-refractivity contribution >= 4 is 10.1 Å². The van der Waals surface area contributed by atoms with Crippen LogP contribution < -0.4 is 9.97 Å². The van der Waals surface area contributed by atoms with Crippen LogP contribution in [0.1, 0.15) is 30.5 Å². The minimum absolute atomic E-state index is 0.101. The van der Waals surface area contributed by atoms with Gasteiger partial charge in [-0.1, -0.05) is 36.4 Å². The quantitative estimate of drug-likeness (QED) is 0.183. The maximum absolute atomic E-state index is 4.89. The van der Waals surface area contributed by atoms with Gasteiger partial charge in [-0.25, -0.2) is 0 Å². The van der Waals surface area contributed by atoms with Gasteiger partial charge < -0.3 is 9.97 Å². The Morgan fingerprint density at radius 3 is 1.48 bits per heavy atom. The second-order valence-electron chi connectivity index (χ2n) is 9.74. The molecule has 0 saturated carbocycles. The van der Waals surface area contributed by atoms with Crippen LogP contribution in [0.3, 0.4) is 0 Å². The minimum atomic E-state index is -0.493. The van der Waals surface area contributed by atoms with Crippen molar-refractivity contribution in [3.8, 4) is 11.4 Å². The average Bonchev–Trinajstić information content (AvgIpc) is 3.81. The Hall–Kier alpha value is -4.34. The molecule has 212 valence electrons. The monoisotopic (exact) mass is 637 g/mol. The molecule has 6 heteroatoms. The SMILES string of the molecule is Cc1cccc(C)c1[N]=[Mo+2]=[CH]C(C)(C)c1ccccc1.c1cc[n-]c1.c1cc[n-]c1.c1ccc(-c2ccccn2)nc1. The predicted octanol–water partition coefficient (Wildman–Crippen LogP) is 8.41. The molecule has 0 unspecified atom stereocenters. The van der Waals surface area contributed by atoms with Crippen molar-refractivity contribution in [2.45, 2.75) is 33.1 Å². The van der Waals surface area contributed by atoms with Crippen molar-refractivity contribution in [3.63, 3.8) is 0 Å². The second-order valence-corrected chi connectivity index (χ2v) is 11.3. The molecular formula is C36H37MoN5. The Balaban J connectivity index is 0.000000182. The van der Waals surface area contributed by atoms with Gasteiger partial charge in [0.05, 0.1) is 11.4 Å². The molecule has 0 aliphatic rings. The summed E-state index contributed by atoms with van der Waals surface area (Å²) < 4.78 is 7.31. The fourth-order valence-electron chi connectivity index (χ4n) is 3.62. The summed E-state index contributed by atoms with van der Waals surface area (Å²) in [7, 11) is 0. The van der Waals surface area contributed by atoms with E-state index in [0.717, 1.165) is 11.4 Å². The number of pyridine rings is 2. The van der Waals surface area contributed by atoms with Crippen molar-refractivity contribution in [3.05, 3.63) is 163 Å². The van der Waals surface area contributed by atoms with Crippen molar-refractivity contribution < 1.29 is 17.9 Å². The van der Waals surface area contributed by atoms with E-state index >= 15 is 0 Å². The van der Waals surface area contributed by atoms with Crippen LogP contribution >= 0.6 is 0 Å². The van der Waals surface area contributed by atoms with E-state index < -0.39 is 17.9 Å². The number of benzene rings is 2. The van der Waals surface area contributed by atoms with Crippen LogP contribution in [0, 0.1) is 13.8 Å². The zero-order chi connectivity index (χ0) is 29.9. The van der Waals surface area contributed by atoms with Gasteiger partial charge in [0, 0.05) is 12.4 Å². The summed E-state index contributed by atoms with van der Waals surface area (Å²) >= 11 is -0.493. The minimum Gasteiger partial charge on any atom is -0.670 e. The molecule has 4 aromatic heterocycles. The summed E-state index contributed by atoms with van der Waals surface area (Å²) in [6, 6.07) is 36.2. The number of hydrogen-bond donors (Lipinski definition) is 0. The number of hydrogen-bond acceptors (Lipinski definition) is 3. The van der Waals surface area contributed by atoms with Crippen LogP contribution in [0.2, 0.25) is 0 Å². The molecule has 0 aliphatic carbocycles. The molecule has 0 saturated heterocycles. The molecule has 0 radical (unpaired) electrons. The van der Waals surface area contributed by atoms with E-state index in [-0.39, 0.29) is 5.41 Å². The van der Waals surface area contributed by atoms with Crippen molar-refractivity contribution in [1.82, 2.24) is 19.9 Å². The summed E-state index contributed by atoms with van der Waals surface area (Å²) in [6.45, 7) is 8.82. The molecule has 0 amide bonds. The van der Waals surface area contributed by atoms with E-state index in [1.54, 1.807) is 37.2 Å². The molecule has 4 heterocycles. The van der Waals surface area contributed by atoms with Gasteiger partial charge in [0.2, 0.25) is 0 Å². The standard InChI is InChI=1S/C10H8N2.C10H12.C8H9N.2C4H4N.Mo/c1-3-7-11-9(5-1)10-6-2-4-8-12-10;1-10(2,3)9-7-5-4-6-8-9;1-6-4-3-5-7(2)8(6)9;2*1-2-4-5-3-1;/h1-8H;1,4-8H,2-3H3;3-5H,1-2H3;2*1-4H;/q;;;2*-1;+2. The Kier molecular flexibility index (Phi) is 13.9. The molecule has 0 fully saturated rings. The van der Waals surface area contributed by atoms with E-state index in [9.17, 15) is 0 Å². The molecule has 0 N–H and O–H groups in total. The summed E-state index contributed by atoms with van der Waals surface area (Å²) in [5, 5.41) is 0. The van der Waals surface area contributed by atoms with Gasteiger partial charge in [0.25, 0.3) is 0 Å². The van der Waals surface area contributed by atoms with Crippen molar-refractivity contribution in [2.24, 2.45) is 3.50 Å². The van der Waals surface area contributed by atoms with Gasteiger partial charge in [0.1, 0.15) is 0 Å². The fraction of sp³-hybridized carbons (Fsp3) is 0.139. The first kappa shape index (κ1) is 32.2. The van der Waals surface area contributed by atoms with E-state index in [1.165, 1.54) is 22.4 Å². The first-order valence-corrected chi connectivity index (χ1v) is 15.7. The van der Waals surface area contributed by atoms with Gasteiger partial charge in [-0.05, 0) is 24.3 Å². The van der Waals surface area contributed by atoms with Gasteiger partial charge in [0.15, 0.2) is 0 Å². The predicted molar refractivity (Wildman–Crippen MR) is 171 cm³/mol. The fourth-order valence-corrected chi connectivity index (χ4v) is 5.70. The van der Waals surface area contributed by atoms with Crippen LogP contribution in [-0.4, -0.2) is 14.4 Å². The van der Waals surface area contributed by atoms with Crippen molar-refractivity contribution in [2.75, 3.05) is 0 Å². The average molecular weight is 636 g/mol. The summed E-state index contributed by atoms with van der Waals surface area (Å²) in [5.74, 6) is 0. The molecule has 6 aromatic rings. The molecule has 5 nitrogen and oxygen atoms in total. The van der Waals surface area contributed by atoms with E-state index in [4.69, 9.17) is 3.50 Å². The van der Waals surface area contributed by atoms with E-state index in [0.29, 0.717) is 0 Å². The van der Waals surface area contributed by atoms with Gasteiger partial charge in [-0.3, -0.25) is 9.97 Å². The molecular weight excluding hydrogens is 598 g/mol. The summed E-state index contributed by atoms with van der Waals surface area (Å²) in [6.07, 6.45) is 10.5.